The van der Waals surface area contributed by atoms with Crippen molar-refractivity contribution in [3.05, 3.63) is 54.1 Å². The third kappa shape index (κ3) is 6.02. The number of hydrogen-bond donors (Lipinski definition) is 0. The molecule has 122 valence electrons. The Morgan fingerprint density at radius 3 is 2.09 bits per heavy atom. The Kier molecular flexibility index (Phi) is 6.98. The fourth-order valence-electron chi connectivity index (χ4n) is 2.04. The van der Waals surface area contributed by atoms with E-state index in [0.717, 1.165) is 30.1 Å². The van der Waals surface area contributed by atoms with Crippen LogP contribution in [0.5, 0.6) is 17.2 Å². The first-order valence-corrected chi connectivity index (χ1v) is 7.95. The molecule has 4 heteroatoms. The molecule has 4 nitrogen and oxygen atoms in total. The van der Waals surface area contributed by atoms with Crippen molar-refractivity contribution in [3.8, 4) is 17.2 Å². The Bertz CT molecular complexity index is 591. The number of oxime groups is 1. The highest BCUT2D eigenvalue weighted by atomic mass is 16.6. The highest BCUT2D eigenvalue weighted by molar-refractivity contribution is 5.58. The third-order valence-corrected chi connectivity index (χ3v) is 3.12. The summed E-state index contributed by atoms with van der Waals surface area (Å²) >= 11 is 0. The zero-order valence-corrected chi connectivity index (χ0v) is 13.7. The number of rotatable bonds is 9. The smallest absolute Gasteiger partial charge is 0.127 e. The summed E-state index contributed by atoms with van der Waals surface area (Å²) in [6, 6.07) is 15.7. The molecule has 0 aromatic heterocycles. The SMILES string of the molecule is CCCc1ccc(Oc2ccc(OC/C=N/OCC)cc2)cc1. The summed E-state index contributed by atoms with van der Waals surface area (Å²) in [5, 5.41) is 3.72. The highest BCUT2D eigenvalue weighted by Gasteiger charge is 1.99. The second-order valence-corrected chi connectivity index (χ2v) is 4.98. The molecule has 2 aromatic carbocycles. The average Bonchev–Trinajstić information content (AvgIpc) is 2.58. The molecule has 0 radical (unpaired) electrons. The first-order chi connectivity index (χ1) is 11.3. The Labute approximate surface area is 137 Å². The summed E-state index contributed by atoms with van der Waals surface area (Å²) in [6.07, 6.45) is 3.83. The third-order valence-electron chi connectivity index (χ3n) is 3.12. The van der Waals surface area contributed by atoms with Gasteiger partial charge in [0.15, 0.2) is 0 Å². The van der Waals surface area contributed by atoms with E-state index in [1.54, 1.807) is 6.21 Å². The van der Waals surface area contributed by atoms with Gasteiger partial charge >= 0.3 is 0 Å². The summed E-state index contributed by atoms with van der Waals surface area (Å²) < 4.78 is 11.3. The van der Waals surface area contributed by atoms with E-state index in [9.17, 15) is 0 Å². The van der Waals surface area contributed by atoms with Gasteiger partial charge in [-0.2, -0.15) is 0 Å². The van der Waals surface area contributed by atoms with Gasteiger partial charge in [0.05, 0.1) is 6.21 Å². The van der Waals surface area contributed by atoms with Crippen LogP contribution < -0.4 is 9.47 Å². The van der Waals surface area contributed by atoms with Gasteiger partial charge < -0.3 is 14.3 Å². The van der Waals surface area contributed by atoms with Crippen LogP contribution in [0.25, 0.3) is 0 Å². The molecule has 0 unspecified atom stereocenters. The summed E-state index contributed by atoms with van der Waals surface area (Å²) in [5.74, 6) is 2.38. The zero-order chi connectivity index (χ0) is 16.3. The molecule has 0 aliphatic heterocycles. The van der Waals surface area contributed by atoms with E-state index in [1.165, 1.54) is 5.56 Å². The van der Waals surface area contributed by atoms with Crippen LogP contribution in [0.4, 0.5) is 0 Å². The number of hydrogen-bond acceptors (Lipinski definition) is 4. The van der Waals surface area contributed by atoms with E-state index in [2.05, 4.69) is 24.2 Å². The molecule has 0 fully saturated rings. The van der Waals surface area contributed by atoms with Gasteiger partial charge in [0, 0.05) is 0 Å². The quantitative estimate of drug-likeness (QED) is 0.491. The van der Waals surface area contributed by atoms with Crippen molar-refractivity contribution in [2.45, 2.75) is 26.7 Å². The van der Waals surface area contributed by atoms with Crippen molar-refractivity contribution in [2.24, 2.45) is 5.16 Å². The monoisotopic (exact) mass is 313 g/mol. The topological polar surface area (TPSA) is 40.0 Å². The predicted molar refractivity (Wildman–Crippen MR) is 92.6 cm³/mol. The van der Waals surface area contributed by atoms with E-state index in [0.29, 0.717) is 13.2 Å². The molecule has 0 saturated heterocycles. The van der Waals surface area contributed by atoms with Crippen molar-refractivity contribution < 1.29 is 14.3 Å². The minimum absolute atomic E-state index is 0.374. The van der Waals surface area contributed by atoms with Crippen molar-refractivity contribution in [1.82, 2.24) is 0 Å². The van der Waals surface area contributed by atoms with Crippen LogP contribution in [0.15, 0.2) is 53.7 Å². The number of aryl methyl sites for hydroxylation is 1. The van der Waals surface area contributed by atoms with Gasteiger partial charge in [-0.1, -0.05) is 30.6 Å². The molecule has 0 saturated carbocycles. The Hall–Kier alpha value is -2.49. The van der Waals surface area contributed by atoms with Gasteiger partial charge in [-0.15, -0.1) is 0 Å². The fourth-order valence-corrected chi connectivity index (χ4v) is 2.04. The molecule has 0 aliphatic carbocycles. The Morgan fingerprint density at radius 2 is 1.48 bits per heavy atom. The van der Waals surface area contributed by atoms with Crippen LogP contribution in [-0.2, 0) is 11.3 Å². The van der Waals surface area contributed by atoms with E-state index >= 15 is 0 Å². The van der Waals surface area contributed by atoms with Crippen LogP contribution >= 0.6 is 0 Å². The number of nitrogens with zero attached hydrogens (tertiary/aromatic N) is 1. The molecular weight excluding hydrogens is 290 g/mol. The molecule has 0 N–H and O–H groups in total. The molecule has 0 heterocycles. The van der Waals surface area contributed by atoms with Crippen LogP contribution in [0.1, 0.15) is 25.8 Å². The molecule has 0 aliphatic rings. The Balaban J connectivity index is 1.84. The summed E-state index contributed by atoms with van der Waals surface area (Å²) in [4.78, 5) is 4.85. The summed E-state index contributed by atoms with van der Waals surface area (Å²) in [5.41, 5.74) is 1.33. The van der Waals surface area contributed by atoms with E-state index < -0.39 is 0 Å². The lowest BCUT2D eigenvalue weighted by molar-refractivity contribution is 0.158. The lowest BCUT2D eigenvalue weighted by atomic mass is 10.1. The van der Waals surface area contributed by atoms with Gasteiger partial charge in [0.2, 0.25) is 0 Å². The average molecular weight is 313 g/mol. The predicted octanol–water partition coefficient (Wildman–Crippen LogP) is 4.83. The number of ether oxygens (including phenoxy) is 2. The molecule has 0 amide bonds. The van der Waals surface area contributed by atoms with Gasteiger partial charge in [-0.25, -0.2) is 0 Å². The van der Waals surface area contributed by atoms with E-state index in [1.807, 2.05) is 43.3 Å². The van der Waals surface area contributed by atoms with Crippen molar-refractivity contribution in [2.75, 3.05) is 13.2 Å². The highest BCUT2D eigenvalue weighted by Crippen LogP contribution is 2.24. The minimum Gasteiger partial charge on any atom is -0.488 e. The molecule has 2 rings (SSSR count). The fraction of sp³-hybridized carbons (Fsp3) is 0.316. The van der Waals surface area contributed by atoms with Crippen LogP contribution in [-0.4, -0.2) is 19.4 Å². The first-order valence-electron chi connectivity index (χ1n) is 7.95. The van der Waals surface area contributed by atoms with Crippen LogP contribution in [0.3, 0.4) is 0 Å². The maximum absolute atomic E-state index is 5.82. The van der Waals surface area contributed by atoms with Gasteiger partial charge in [0.25, 0.3) is 0 Å². The van der Waals surface area contributed by atoms with Crippen molar-refractivity contribution in [1.29, 1.82) is 0 Å². The van der Waals surface area contributed by atoms with Gasteiger partial charge in [-0.05, 0) is 55.3 Å². The van der Waals surface area contributed by atoms with Crippen LogP contribution in [0, 0.1) is 0 Å². The molecule has 0 spiro atoms. The Morgan fingerprint density at radius 1 is 0.870 bits per heavy atom. The summed E-state index contributed by atoms with van der Waals surface area (Å²) in [6.45, 7) is 4.99. The molecular formula is C19H23NO3. The molecule has 2 aromatic rings. The molecule has 23 heavy (non-hydrogen) atoms. The second kappa shape index (κ2) is 9.51. The zero-order valence-electron chi connectivity index (χ0n) is 13.7. The second-order valence-electron chi connectivity index (χ2n) is 4.98. The summed E-state index contributed by atoms with van der Waals surface area (Å²) in [7, 11) is 0. The molecule has 0 atom stereocenters. The van der Waals surface area contributed by atoms with Crippen molar-refractivity contribution >= 4 is 6.21 Å². The standard InChI is InChI=1S/C19H23NO3/c1-3-5-16-6-8-18(9-7-16)23-19-12-10-17(11-13-19)21-15-14-20-22-4-2/h6-14H,3-5,15H2,1-2H3/b20-14+. The largest absolute Gasteiger partial charge is 0.488 e. The lowest BCUT2D eigenvalue weighted by Gasteiger charge is -2.08. The first kappa shape index (κ1) is 16.9. The maximum Gasteiger partial charge on any atom is 0.127 e. The van der Waals surface area contributed by atoms with E-state index in [-0.39, 0.29) is 0 Å². The normalized spacial score (nSPS) is 10.7. The van der Waals surface area contributed by atoms with Gasteiger partial charge in [0.1, 0.15) is 30.5 Å². The minimum atomic E-state index is 0.374. The van der Waals surface area contributed by atoms with Gasteiger partial charge in [-0.3, -0.25) is 0 Å². The number of benzene rings is 2. The van der Waals surface area contributed by atoms with Crippen molar-refractivity contribution in [3.63, 3.8) is 0 Å². The van der Waals surface area contributed by atoms with E-state index in [4.69, 9.17) is 14.3 Å². The lowest BCUT2D eigenvalue weighted by Crippen LogP contribution is -1.98. The molecule has 0 bridgehead atoms. The van der Waals surface area contributed by atoms with Crippen LogP contribution in [0.2, 0.25) is 0 Å². The maximum atomic E-state index is 5.82.